The van der Waals surface area contributed by atoms with Crippen molar-refractivity contribution < 1.29 is 14.4 Å². The van der Waals surface area contributed by atoms with Gasteiger partial charge in [-0.3, -0.25) is 19.3 Å². The number of carbonyl (C=O) groups excluding carboxylic acids is 3. The molecule has 0 atom stereocenters. The fourth-order valence-electron chi connectivity index (χ4n) is 3.19. The highest BCUT2D eigenvalue weighted by atomic mass is 32.2. The van der Waals surface area contributed by atoms with Gasteiger partial charge in [0.2, 0.25) is 5.91 Å². The molecule has 0 N–H and O–H groups in total. The number of benzene rings is 2. The first-order chi connectivity index (χ1) is 12.2. The number of hydrogen-bond acceptors (Lipinski definition) is 4. The number of anilines is 1. The second-order valence-electron chi connectivity index (χ2n) is 5.96. The summed E-state index contributed by atoms with van der Waals surface area (Å²) in [6.07, 6.45) is 0.868. The second kappa shape index (κ2) is 6.37. The van der Waals surface area contributed by atoms with Gasteiger partial charge in [0.05, 0.1) is 16.8 Å². The first-order valence-corrected chi connectivity index (χ1v) is 9.13. The highest BCUT2D eigenvalue weighted by Gasteiger charge is 2.37. The normalized spacial score (nSPS) is 16.5. The fourth-order valence-corrected chi connectivity index (χ4v) is 4.18. The molecule has 2 aromatic carbocycles. The number of hydrogen-bond donors (Lipinski definition) is 0. The van der Waals surface area contributed by atoms with Crippen LogP contribution in [0.2, 0.25) is 0 Å². The van der Waals surface area contributed by atoms with E-state index in [1.54, 1.807) is 40.9 Å². The molecule has 2 aliphatic heterocycles. The van der Waals surface area contributed by atoms with Gasteiger partial charge in [0.25, 0.3) is 11.8 Å². The predicted molar refractivity (Wildman–Crippen MR) is 95.9 cm³/mol. The molecule has 25 heavy (non-hydrogen) atoms. The van der Waals surface area contributed by atoms with Gasteiger partial charge in [-0.25, -0.2) is 0 Å². The molecule has 4 rings (SSSR count). The minimum Gasteiger partial charge on any atom is -0.310 e. The number of rotatable bonds is 2. The van der Waals surface area contributed by atoms with Gasteiger partial charge in [0.1, 0.15) is 6.54 Å². The minimum atomic E-state index is -0.397. The van der Waals surface area contributed by atoms with E-state index in [0.29, 0.717) is 17.7 Å². The first kappa shape index (κ1) is 15.9. The van der Waals surface area contributed by atoms with Crippen molar-refractivity contribution in [2.24, 2.45) is 0 Å². The first-order valence-electron chi connectivity index (χ1n) is 8.14. The average Bonchev–Trinajstić information content (AvgIpc) is 2.81. The summed E-state index contributed by atoms with van der Waals surface area (Å²) in [5, 5.41) is 0. The summed E-state index contributed by atoms with van der Waals surface area (Å²) >= 11 is 1.72. The largest absolute Gasteiger partial charge is 0.310 e. The third-order valence-electron chi connectivity index (χ3n) is 4.41. The number of fused-ring (bicyclic) bond motifs is 2. The van der Waals surface area contributed by atoms with Crippen LogP contribution in [0.15, 0.2) is 53.4 Å². The minimum absolute atomic E-state index is 0.231. The van der Waals surface area contributed by atoms with Crippen LogP contribution in [0.5, 0.6) is 0 Å². The SMILES string of the molecule is O=C1c2ccccc2C(=O)N1CC(=O)N1CCCSc2ccccc21. The number of carbonyl (C=O) groups is 3. The molecule has 0 spiro atoms. The van der Waals surface area contributed by atoms with Crippen LogP contribution in [0.25, 0.3) is 0 Å². The second-order valence-corrected chi connectivity index (χ2v) is 7.09. The third kappa shape index (κ3) is 2.72. The Morgan fingerprint density at radius 3 is 2.32 bits per heavy atom. The molecule has 0 saturated carbocycles. The third-order valence-corrected chi connectivity index (χ3v) is 5.56. The summed E-state index contributed by atoms with van der Waals surface area (Å²) in [6, 6.07) is 14.4. The lowest BCUT2D eigenvalue weighted by Crippen LogP contribution is -2.43. The van der Waals surface area contributed by atoms with Gasteiger partial charge in [0.15, 0.2) is 0 Å². The molecule has 0 saturated heterocycles. The lowest BCUT2D eigenvalue weighted by atomic mass is 10.1. The Morgan fingerprint density at radius 2 is 1.60 bits per heavy atom. The van der Waals surface area contributed by atoms with Crippen molar-refractivity contribution in [3.8, 4) is 0 Å². The summed E-state index contributed by atoms with van der Waals surface area (Å²) in [5.74, 6) is -0.0873. The van der Waals surface area contributed by atoms with E-state index >= 15 is 0 Å². The molecule has 0 aliphatic carbocycles. The Bertz CT molecular complexity index is 845. The molecule has 6 heteroatoms. The zero-order valence-corrected chi connectivity index (χ0v) is 14.3. The fraction of sp³-hybridized carbons (Fsp3) is 0.211. The molecule has 2 aliphatic rings. The van der Waals surface area contributed by atoms with Crippen molar-refractivity contribution in [1.82, 2.24) is 4.90 Å². The van der Waals surface area contributed by atoms with Crippen LogP contribution in [0.3, 0.4) is 0 Å². The van der Waals surface area contributed by atoms with Gasteiger partial charge in [-0.2, -0.15) is 0 Å². The maximum atomic E-state index is 12.9. The van der Waals surface area contributed by atoms with E-state index in [-0.39, 0.29) is 12.5 Å². The van der Waals surface area contributed by atoms with E-state index in [0.717, 1.165) is 27.7 Å². The molecule has 0 radical (unpaired) electrons. The maximum Gasteiger partial charge on any atom is 0.262 e. The van der Waals surface area contributed by atoms with E-state index in [4.69, 9.17) is 0 Å². The molecular formula is C19H16N2O3S. The van der Waals surface area contributed by atoms with E-state index in [9.17, 15) is 14.4 Å². The number of para-hydroxylation sites is 1. The Labute approximate surface area is 149 Å². The molecule has 0 unspecified atom stereocenters. The molecule has 0 aromatic heterocycles. The molecule has 5 nitrogen and oxygen atoms in total. The lowest BCUT2D eigenvalue weighted by molar-refractivity contribution is -0.119. The van der Waals surface area contributed by atoms with Gasteiger partial charge < -0.3 is 4.90 Å². The highest BCUT2D eigenvalue weighted by molar-refractivity contribution is 7.99. The maximum absolute atomic E-state index is 12.9. The highest BCUT2D eigenvalue weighted by Crippen LogP contribution is 2.34. The van der Waals surface area contributed by atoms with Crippen LogP contribution in [0.1, 0.15) is 27.1 Å². The van der Waals surface area contributed by atoms with Crippen LogP contribution in [-0.2, 0) is 4.79 Å². The molecule has 126 valence electrons. The molecule has 2 aromatic rings. The quantitative estimate of drug-likeness (QED) is 0.780. The van der Waals surface area contributed by atoms with Crippen LogP contribution in [-0.4, -0.2) is 41.5 Å². The predicted octanol–water partition coefficient (Wildman–Crippen LogP) is 2.81. The van der Waals surface area contributed by atoms with Crippen LogP contribution in [0, 0.1) is 0 Å². The molecule has 0 bridgehead atoms. The smallest absolute Gasteiger partial charge is 0.262 e. The Morgan fingerprint density at radius 1 is 0.960 bits per heavy atom. The van der Waals surface area contributed by atoms with Gasteiger partial charge in [0, 0.05) is 11.4 Å². The number of amides is 3. The van der Waals surface area contributed by atoms with Gasteiger partial charge in [-0.1, -0.05) is 24.3 Å². The van der Waals surface area contributed by atoms with E-state index < -0.39 is 11.8 Å². The zero-order valence-electron chi connectivity index (χ0n) is 13.5. The topological polar surface area (TPSA) is 57.7 Å². The molecule has 2 heterocycles. The summed E-state index contributed by atoms with van der Waals surface area (Å²) < 4.78 is 0. The summed E-state index contributed by atoms with van der Waals surface area (Å²) in [7, 11) is 0. The van der Waals surface area contributed by atoms with E-state index in [1.807, 2.05) is 24.3 Å². The van der Waals surface area contributed by atoms with Gasteiger partial charge in [-0.15, -0.1) is 11.8 Å². The average molecular weight is 352 g/mol. The number of imide groups is 1. The van der Waals surface area contributed by atoms with Crippen molar-refractivity contribution in [2.45, 2.75) is 11.3 Å². The zero-order chi connectivity index (χ0) is 17.4. The molecule has 3 amide bonds. The van der Waals surface area contributed by atoms with Gasteiger partial charge >= 0.3 is 0 Å². The summed E-state index contributed by atoms with van der Waals surface area (Å²) in [4.78, 5) is 41.6. The van der Waals surface area contributed by atoms with Crippen molar-refractivity contribution in [2.75, 3.05) is 23.7 Å². The van der Waals surface area contributed by atoms with Crippen molar-refractivity contribution in [3.05, 3.63) is 59.7 Å². The van der Waals surface area contributed by atoms with Crippen LogP contribution < -0.4 is 4.90 Å². The lowest BCUT2D eigenvalue weighted by Gasteiger charge is -2.24. The van der Waals surface area contributed by atoms with Crippen LogP contribution >= 0.6 is 11.8 Å². The van der Waals surface area contributed by atoms with Crippen molar-refractivity contribution >= 4 is 35.2 Å². The van der Waals surface area contributed by atoms with E-state index in [1.165, 1.54) is 0 Å². The van der Waals surface area contributed by atoms with Crippen molar-refractivity contribution in [3.63, 3.8) is 0 Å². The van der Waals surface area contributed by atoms with Crippen LogP contribution in [0.4, 0.5) is 5.69 Å². The van der Waals surface area contributed by atoms with E-state index in [2.05, 4.69) is 0 Å². The van der Waals surface area contributed by atoms with Gasteiger partial charge in [-0.05, 0) is 36.4 Å². The number of thioether (sulfide) groups is 1. The summed E-state index contributed by atoms with van der Waals surface area (Å²) in [6.45, 7) is 0.358. The Balaban J connectivity index is 1.59. The monoisotopic (exact) mass is 352 g/mol. The Kier molecular flexibility index (Phi) is 4.05. The van der Waals surface area contributed by atoms with Crippen molar-refractivity contribution in [1.29, 1.82) is 0 Å². The summed E-state index contributed by atoms with van der Waals surface area (Å²) in [5.41, 5.74) is 1.59. The molecular weight excluding hydrogens is 336 g/mol. The Hall–Kier alpha value is -2.60. The number of nitrogens with zero attached hydrogens (tertiary/aromatic N) is 2. The molecule has 0 fully saturated rings. The standard InChI is InChI=1S/C19H16N2O3S/c22-17(20-10-5-11-25-16-9-4-3-8-15(16)20)12-21-18(23)13-6-1-2-7-14(13)19(21)24/h1-4,6-9H,5,10-12H2.